The maximum absolute atomic E-state index is 5.39. The van der Waals surface area contributed by atoms with E-state index in [1.165, 1.54) is 11.1 Å². The quantitative estimate of drug-likeness (QED) is 0.812. The van der Waals surface area contributed by atoms with Crippen molar-refractivity contribution in [1.82, 2.24) is 0 Å². The third-order valence-corrected chi connectivity index (χ3v) is 3.91. The van der Waals surface area contributed by atoms with Crippen LogP contribution in [0.1, 0.15) is 31.0 Å². The van der Waals surface area contributed by atoms with Crippen LogP contribution >= 0.6 is 15.9 Å². The summed E-state index contributed by atoms with van der Waals surface area (Å²) in [5.41, 5.74) is 3.62. The SMILES string of the molecule is CCc1ccc(C(C)Nc2cc(Br)ccc2OC)cc1. The third-order valence-electron chi connectivity index (χ3n) is 3.42. The molecule has 0 bridgehead atoms. The second-order valence-electron chi connectivity index (χ2n) is 4.81. The third kappa shape index (κ3) is 3.54. The molecule has 0 saturated heterocycles. The molecule has 0 amide bonds. The number of benzene rings is 2. The van der Waals surface area contributed by atoms with Gasteiger partial charge in [0.2, 0.25) is 0 Å². The Morgan fingerprint density at radius 3 is 2.45 bits per heavy atom. The summed E-state index contributed by atoms with van der Waals surface area (Å²) >= 11 is 3.49. The molecule has 2 aromatic rings. The zero-order valence-electron chi connectivity index (χ0n) is 12.1. The molecular weight excluding hydrogens is 314 g/mol. The van der Waals surface area contributed by atoms with Crippen molar-refractivity contribution in [2.75, 3.05) is 12.4 Å². The minimum Gasteiger partial charge on any atom is -0.495 e. The number of halogens is 1. The molecule has 0 aliphatic carbocycles. The molecule has 0 fully saturated rings. The largest absolute Gasteiger partial charge is 0.495 e. The molecule has 0 aromatic heterocycles. The zero-order valence-corrected chi connectivity index (χ0v) is 13.7. The first-order valence-electron chi connectivity index (χ1n) is 6.83. The van der Waals surface area contributed by atoms with Gasteiger partial charge in [-0.25, -0.2) is 0 Å². The average Bonchev–Trinajstić information content (AvgIpc) is 2.47. The number of nitrogens with one attached hydrogen (secondary N) is 1. The zero-order chi connectivity index (χ0) is 14.5. The van der Waals surface area contributed by atoms with Gasteiger partial charge in [0, 0.05) is 10.5 Å². The number of anilines is 1. The van der Waals surface area contributed by atoms with E-state index in [4.69, 9.17) is 4.74 Å². The monoisotopic (exact) mass is 333 g/mol. The van der Waals surface area contributed by atoms with Crippen LogP contribution in [0.5, 0.6) is 5.75 Å². The molecule has 3 heteroatoms. The van der Waals surface area contributed by atoms with Crippen LogP contribution in [0.2, 0.25) is 0 Å². The van der Waals surface area contributed by atoms with Crippen molar-refractivity contribution >= 4 is 21.6 Å². The first-order valence-corrected chi connectivity index (χ1v) is 7.62. The van der Waals surface area contributed by atoms with E-state index in [0.717, 1.165) is 22.3 Å². The molecule has 2 rings (SSSR count). The maximum atomic E-state index is 5.39. The molecule has 0 aliphatic heterocycles. The average molecular weight is 334 g/mol. The van der Waals surface area contributed by atoms with E-state index >= 15 is 0 Å². The van der Waals surface area contributed by atoms with E-state index in [1.807, 2.05) is 18.2 Å². The molecule has 2 aromatic carbocycles. The summed E-state index contributed by atoms with van der Waals surface area (Å²) in [5.74, 6) is 0.852. The van der Waals surface area contributed by atoms with Gasteiger partial charge >= 0.3 is 0 Å². The Hall–Kier alpha value is -1.48. The molecule has 106 valence electrons. The van der Waals surface area contributed by atoms with Crippen molar-refractivity contribution in [3.63, 3.8) is 0 Å². The molecular formula is C17H20BrNO. The van der Waals surface area contributed by atoms with Gasteiger partial charge in [-0.15, -0.1) is 0 Å². The standard InChI is InChI=1S/C17H20BrNO/c1-4-13-5-7-14(8-6-13)12(2)19-16-11-15(18)9-10-17(16)20-3/h5-12,19H,4H2,1-3H3. The molecule has 0 spiro atoms. The van der Waals surface area contributed by atoms with Crippen LogP contribution in [0, 0.1) is 0 Å². The van der Waals surface area contributed by atoms with Crippen LogP contribution in [0.15, 0.2) is 46.9 Å². The van der Waals surface area contributed by atoms with Crippen LogP contribution in [0.4, 0.5) is 5.69 Å². The molecule has 0 radical (unpaired) electrons. The van der Waals surface area contributed by atoms with Gasteiger partial charge in [-0.1, -0.05) is 47.1 Å². The predicted octanol–water partition coefficient (Wildman–Crippen LogP) is 5.19. The lowest BCUT2D eigenvalue weighted by Crippen LogP contribution is -2.07. The minimum absolute atomic E-state index is 0.226. The number of aryl methyl sites for hydroxylation is 1. The van der Waals surface area contributed by atoms with Crippen molar-refractivity contribution in [2.24, 2.45) is 0 Å². The number of hydrogen-bond donors (Lipinski definition) is 1. The fourth-order valence-electron chi connectivity index (χ4n) is 2.15. The van der Waals surface area contributed by atoms with Gasteiger partial charge in [0.05, 0.1) is 12.8 Å². The Labute approximate surface area is 129 Å². The smallest absolute Gasteiger partial charge is 0.142 e. The van der Waals surface area contributed by atoms with Crippen molar-refractivity contribution in [1.29, 1.82) is 0 Å². The summed E-state index contributed by atoms with van der Waals surface area (Å²) in [6, 6.07) is 14.9. The highest BCUT2D eigenvalue weighted by atomic mass is 79.9. The lowest BCUT2D eigenvalue weighted by Gasteiger charge is -2.18. The Kier molecular flexibility index (Phi) is 5.07. The van der Waals surface area contributed by atoms with E-state index in [0.29, 0.717) is 0 Å². The number of hydrogen-bond acceptors (Lipinski definition) is 2. The highest BCUT2D eigenvalue weighted by Gasteiger charge is 2.09. The lowest BCUT2D eigenvalue weighted by molar-refractivity contribution is 0.416. The van der Waals surface area contributed by atoms with Crippen molar-refractivity contribution in [3.05, 3.63) is 58.1 Å². The Bertz CT molecular complexity index is 566. The summed E-state index contributed by atoms with van der Waals surface area (Å²) in [5, 5.41) is 3.50. The first kappa shape index (κ1) is 14.9. The van der Waals surface area contributed by atoms with Gasteiger partial charge in [-0.05, 0) is 42.7 Å². The summed E-state index contributed by atoms with van der Waals surface area (Å²) in [7, 11) is 1.69. The Morgan fingerprint density at radius 1 is 1.15 bits per heavy atom. The van der Waals surface area contributed by atoms with Crippen molar-refractivity contribution in [2.45, 2.75) is 26.3 Å². The van der Waals surface area contributed by atoms with Gasteiger partial charge in [-0.3, -0.25) is 0 Å². The normalized spacial score (nSPS) is 12.0. The molecule has 0 heterocycles. The van der Waals surface area contributed by atoms with E-state index < -0.39 is 0 Å². The van der Waals surface area contributed by atoms with Crippen LogP contribution in [-0.4, -0.2) is 7.11 Å². The van der Waals surface area contributed by atoms with E-state index in [2.05, 4.69) is 59.4 Å². The summed E-state index contributed by atoms with van der Waals surface area (Å²) in [4.78, 5) is 0. The molecule has 0 aliphatic rings. The predicted molar refractivity (Wildman–Crippen MR) is 88.6 cm³/mol. The van der Waals surface area contributed by atoms with Gasteiger partial charge in [0.1, 0.15) is 5.75 Å². The van der Waals surface area contributed by atoms with Crippen LogP contribution in [0.3, 0.4) is 0 Å². The topological polar surface area (TPSA) is 21.3 Å². The number of ether oxygens (including phenoxy) is 1. The van der Waals surface area contributed by atoms with E-state index in [9.17, 15) is 0 Å². The highest BCUT2D eigenvalue weighted by molar-refractivity contribution is 9.10. The summed E-state index contributed by atoms with van der Waals surface area (Å²) in [6.07, 6.45) is 1.07. The van der Waals surface area contributed by atoms with Gasteiger partial charge < -0.3 is 10.1 Å². The van der Waals surface area contributed by atoms with Crippen molar-refractivity contribution in [3.8, 4) is 5.75 Å². The molecule has 20 heavy (non-hydrogen) atoms. The summed E-state index contributed by atoms with van der Waals surface area (Å²) in [6.45, 7) is 4.32. The molecule has 0 saturated carbocycles. The lowest BCUT2D eigenvalue weighted by atomic mass is 10.0. The molecule has 1 unspecified atom stereocenters. The van der Waals surface area contributed by atoms with Crippen LogP contribution in [-0.2, 0) is 6.42 Å². The fraction of sp³-hybridized carbons (Fsp3) is 0.294. The first-order chi connectivity index (χ1) is 9.63. The minimum atomic E-state index is 0.226. The number of rotatable bonds is 5. The van der Waals surface area contributed by atoms with Crippen LogP contribution < -0.4 is 10.1 Å². The second-order valence-corrected chi connectivity index (χ2v) is 5.72. The Morgan fingerprint density at radius 2 is 1.85 bits per heavy atom. The maximum Gasteiger partial charge on any atom is 0.142 e. The number of methoxy groups -OCH3 is 1. The van der Waals surface area contributed by atoms with Gasteiger partial charge in [0.25, 0.3) is 0 Å². The fourth-order valence-corrected chi connectivity index (χ4v) is 2.51. The molecule has 2 nitrogen and oxygen atoms in total. The van der Waals surface area contributed by atoms with E-state index in [-0.39, 0.29) is 6.04 Å². The molecule has 1 atom stereocenters. The molecule has 1 N–H and O–H groups in total. The Balaban J connectivity index is 2.17. The van der Waals surface area contributed by atoms with Gasteiger partial charge in [-0.2, -0.15) is 0 Å². The van der Waals surface area contributed by atoms with E-state index in [1.54, 1.807) is 7.11 Å². The van der Waals surface area contributed by atoms with Gasteiger partial charge in [0.15, 0.2) is 0 Å². The van der Waals surface area contributed by atoms with Crippen LogP contribution in [0.25, 0.3) is 0 Å². The summed E-state index contributed by atoms with van der Waals surface area (Å²) < 4.78 is 6.43. The van der Waals surface area contributed by atoms with Crippen molar-refractivity contribution < 1.29 is 4.74 Å². The second kappa shape index (κ2) is 6.80. The highest BCUT2D eigenvalue weighted by Crippen LogP contribution is 2.31.